The highest BCUT2D eigenvalue weighted by Crippen LogP contribution is 2.40. The first-order chi connectivity index (χ1) is 20.4. The summed E-state index contributed by atoms with van der Waals surface area (Å²) in [5.41, 5.74) is 4.48. The molecule has 2 atom stereocenters. The molecule has 3 aromatic rings. The van der Waals surface area contributed by atoms with Gasteiger partial charge in [-0.25, -0.2) is 9.78 Å². The maximum atomic E-state index is 13.9. The van der Waals surface area contributed by atoms with Crippen molar-refractivity contribution in [1.82, 2.24) is 20.2 Å². The first-order valence-corrected chi connectivity index (χ1v) is 15.8. The zero-order valence-corrected chi connectivity index (χ0v) is 24.7. The van der Waals surface area contributed by atoms with E-state index in [9.17, 15) is 19.5 Å². The summed E-state index contributed by atoms with van der Waals surface area (Å²) >= 11 is 1.44. The molecule has 1 aliphatic heterocycles. The van der Waals surface area contributed by atoms with Gasteiger partial charge < -0.3 is 15.3 Å². The van der Waals surface area contributed by atoms with Crippen molar-refractivity contribution in [2.75, 3.05) is 18.5 Å². The lowest BCUT2D eigenvalue weighted by molar-refractivity contribution is -0.141. The molecule has 2 aromatic heterocycles. The Morgan fingerprint density at radius 1 is 1.10 bits per heavy atom. The SMILES string of the molecule is CN1CCC(c2ccc(-c3ccccc3-c3csc(N(C(=O)C(CC(=O)O)CC4CCCC4)C4CC4)n3)cn2)NC1=O. The molecule has 2 saturated carbocycles. The van der Waals surface area contributed by atoms with Crippen LogP contribution in [0.5, 0.6) is 0 Å². The van der Waals surface area contributed by atoms with Crippen molar-refractivity contribution in [3.63, 3.8) is 0 Å². The first-order valence-electron chi connectivity index (χ1n) is 14.9. The minimum absolute atomic E-state index is 0.0865. The third kappa shape index (κ3) is 6.18. The Kier molecular flexibility index (Phi) is 8.24. The fourth-order valence-corrected chi connectivity index (χ4v) is 7.20. The summed E-state index contributed by atoms with van der Waals surface area (Å²) in [4.78, 5) is 50.8. The average Bonchev–Trinajstić information content (AvgIpc) is 3.46. The van der Waals surface area contributed by atoms with Gasteiger partial charge in [0.15, 0.2) is 5.13 Å². The van der Waals surface area contributed by atoms with Crippen LogP contribution in [0.25, 0.3) is 22.4 Å². The summed E-state index contributed by atoms with van der Waals surface area (Å²) in [5, 5.41) is 15.2. The molecule has 2 aliphatic carbocycles. The molecule has 2 unspecified atom stereocenters. The maximum Gasteiger partial charge on any atom is 0.317 e. The van der Waals surface area contributed by atoms with Crippen LogP contribution >= 0.6 is 11.3 Å². The Bertz CT molecular complexity index is 1450. The van der Waals surface area contributed by atoms with Gasteiger partial charge in [-0.15, -0.1) is 11.3 Å². The number of pyridine rings is 1. The number of thiazole rings is 1. The largest absolute Gasteiger partial charge is 0.481 e. The molecule has 10 heteroatoms. The molecule has 42 heavy (non-hydrogen) atoms. The van der Waals surface area contributed by atoms with Crippen LogP contribution in [0.2, 0.25) is 0 Å². The Labute approximate surface area is 250 Å². The van der Waals surface area contributed by atoms with E-state index in [1.54, 1.807) is 16.8 Å². The summed E-state index contributed by atoms with van der Waals surface area (Å²) in [5.74, 6) is -1.12. The predicted molar refractivity (Wildman–Crippen MR) is 162 cm³/mol. The number of carboxylic acids is 1. The molecule has 3 amide bonds. The summed E-state index contributed by atoms with van der Waals surface area (Å²) < 4.78 is 0. The van der Waals surface area contributed by atoms with E-state index in [0.717, 1.165) is 73.0 Å². The number of benzene rings is 1. The van der Waals surface area contributed by atoms with Gasteiger partial charge in [0.05, 0.1) is 23.9 Å². The number of anilines is 1. The second kappa shape index (κ2) is 12.2. The lowest BCUT2D eigenvalue weighted by atomic mass is 9.90. The van der Waals surface area contributed by atoms with E-state index in [-0.39, 0.29) is 30.4 Å². The molecule has 3 aliphatic rings. The second-order valence-electron chi connectivity index (χ2n) is 11.9. The average molecular weight is 588 g/mol. The predicted octanol–water partition coefficient (Wildman–Crippen LogP) is 6.12. The Balaban J connectivity index is 1.24. The van der Waals surface area contributed by atoms with Crippen LogP contribution in [0.3, 0.4) is 0 Å². The smallest absolute Gasteiger partial charge is 0.317 e. The van der Waals surface area contributed by atoms with Crippen molar-refractivity contribution in [2.45, 2.75) is 69.9 Å². The molecule has 220 valence electrons. The summed E-state index contributed by atoms with van der Waals surface area (Å²) in [6.07, 6.45) is 9.44. The molecule has 0 spiro atoms. The van der Waals surface area contributed by atoms with Crippen molar-refractivity contribution < 1.29 is 19.5 Å². The topological polar surface area (TPSA) is 116 Å². The molecule has 0 radical (unpaired) electrons. The molecule has 2 N–H and O–H groups in total. The van der Waals surface area contributed by atoms with Crippen molar-refractivity contribution in [1.29, 1.82) is 0 Å². The lowest BCUT2D eigenvalue weighted by Gasteiger charge is -2.30. The number of rotatable bonds is 10. The number of nitrogens with zero attached hydrogens (tertiary/aromatic N) is 4. The molecule has 3 heterocycles. The number of hydrogen-bond donors (Lipinski definition) is 2. The number of carboxylic acid groups (broad SMARTS) is 1. The molecule has 3 fully saturated rings. The number of nitrogens with one attached hydrogen (secondary N) is 1. The highest BCUT2D eigenvalue weighted by Gasteiger charge is 2.40. The van der Waals surface area contributed by atoms with Crippen LogP contribution in [0.1, 0.15) is 69.5 Å². The minimum atomic E-state index is -0.923. The summed E-state index contributed by atoms with van der Waals surface area (Å²) in [6, 6.07) is 11.9. The van der Waals surface area contributed by atoms with Crippen LogP contribution in [0.4, 0.5) is 9.93 Å². The zero-order valence-electron chi connectivity index (χ0n) is 23.9. The standard InChI is InChI=1S/C32H37N5O4S/c1-36-15-14-27(34-31(36)41)26-13-10-21(18-33-26)24-8-4-5-9-25(24)28-19-42-32(35-28)37(23-11-12-23)30(40)22(17-29(38)39)16-20-6-2-3-7-20/h4-5,8-10,13,18-20,22-23,27H,2-3,6-7,11-12,14-17H2,1H3,(H,34,41)(H,38,39). The third-order valence-corrected chi connectivity index (χ3v) is 9.61. The monoisotopic (exact) mass is 587 g/mol. The highest BCUT2D eigenvalue weighted by molar-refractivity contribution is 7.14. The number of amides is 3. The second-order valence-corrected chi connectivity index (χ2v) is 12.7. The van der Waals surface area contributed by atoms with E-state index in [0.29, 0.717) is 24.0 Å². The van der Waals surface area contributed by atoms with Gasteiger partial charge in [-0.05, 0) is 43.2 Å². The Hall–Kier alpha value is -3.79. The first kappa shape index (κ1) is 28.3. The molecule has 9 nitrogen and oxygen atoms in total. The lowest BCUT2D eigenvalue weighted by Crippen LogP contribution is -2.45. The van der Waals surface area contributed by atoms with E-state index in [1.807, 2.05) is 48.0 Å². The van der Waals surface area contributed by atoms with Gasteiger partial charge in [0.1, 0.15) is 0 Å². The molecular weight excluding hydrogens is 550 g/mol. The van der Waals surface area contributed by atoms with Gasteiger partial charge in [-0.2, -0.15) is 0 Å². The minimum Gasteiger partial charge on any atom is -0.481 e. The van der Waals surface area contributed by atoms with Gasteiger partial charge in [-0.1, -0.05) is 56.0 Å². The van der Waals surface area contributed by atoms with Crippen LogP contribution in [-0.2, 0) is 9.59 Å². The highest BCUT2D eigenvalue weighted by atomic mass is 32.1. The van der Waals surface area contributed by atoms with E-state index >= 15 is 0 Å². The molecule has 1 aromatic carbocycles. The summed E-state index contributed by atoms with van der Waals surface area (Å²) in [6.45, 7) is 0.687. The number of carbonyl (C=O) groups is 3. The van der Waals surface area contributed by atoms with Gasteiger partial charge in [0.2, 0.25) is 5.91 Å². The van der Waals surface area contributed by atoms with Crippen LogP contribution in [0, 0.1) is 11.8 Å². The number of carbonyl (C=O) groups excluding carboxylic acids is 2. The van der Waals surface area contributed by atoms with Gasteiger partial charge in [0.25, 0.3) is 0 Å². The molecular formula is C32H37N5O4S. The Morgan fingerprint density at radius 3 is 2.52 bits per heavy atom. The van der Waals surface area contributed by atoms with Crippen molar-refractivity contribution in [2.24, 2.45) is 11.8 Å². The van der Waals surface area contributed by atoms with Gasteiger partial charge in [0, 0.05) is 48.3 Å². The quantitative estimate of drug-likeness (QED) is 0.295. The van der Waals surface area contributed by atoms with Crippen molar-refractivity contribution >= 4 is 34.4 Å². The van der Waals surface area contributed by atoms with E-state index in [1.165, 1.54) is 11.3 Å². The van der Waals surface area contributed by atoms with Gasteiger partial charge in [-0.3, -0.25) is 19.5 Å². The van der Waals surface area contributed by atoms with E-state index in [2.05, 4.69) is 5.32 Å². The van der Waals surface area contributed by atoms with Crippen molar-refractivity contribution in [3.05, 3.63) is 53.7 Å². The summed E-state index contributed by atoms with van der Waals surface area (Å²) in [7, 11) is 1.79. The normalized spacial score (nSPS) is 19.9. The zero-order chi connectivity index (χ0) is 29.2. The van der Waals surface area contributed by atoms with Crippen LogP contribution in [0.15, 0.2) is 48.0 Å². The number of aromatic nitrogens is 2. The fourth-order valence-electron chi connectivity index (χ4n) is 6.30. The fraction of sp³-hybridized carbons (Fsp3) is 0.469. The number of hydrogen-bond acceptors (Lipinski definition) is 6. The molecule has 1 saturated heterocycles. The van der Waals surface area contributed by atoms with Crippen molar-refractivity contribution in [3.8, 4) is 22.4 Å². The van der Waals surface area contributed by atoms with E-state index in [4.69, 9.17) is 9.97 Å². The maximum absolute atomic E-state index is 13.9. The number of aliphatic carboxylic acids is 1. The third-order valence-electron chi connectivity index (χ3n) is 8.77. The molecule has 6 rings (SSSR count). The number of urea groups is 1. The Morgan fingerprint density at radius 2 is 1.86 bits per heavy atom. The van der Waals surface area contributed by atoms with E-state index < -0.39 is 11.9 Å². The van der Waals surface area contributed by atoms with Crippen LogP contribution in [-0.4, -0.2) is 57.5 Å². The van der Waals surface area contributed by atoms with Gasteiger partial charge >= 0.3 is 12.0 Å². The van der Waals surface area contributed by atoms with Crippen LogP contribution < -0.4 is 10.2 Å². The molecule has 0 bridgehead atoms.